The highest BCUT2D eigenvalue weighted by molar-refractivity contribution is 8.11. The third-order valence-corrected chi connectivity index (χ3v) is 5.64. The zero-order chi connectivity index (χ0) is 15.0. The van der Waals surface area contributed by atoms with E-state index in [0.717, 1.165) is 42.0 Å². The normalized spacial score (nSPS) is 21.9. The van der Waals surface area contributed by atoms with E-state index < -0.39 is 0 Å². The van der Waals surface area contributed by atoms with Crippen LogP contribution >= 0.6 is 22.3 Å². The Morgan fingerprint density at radius 3 is 3.00 bits per heavy atom. The van der Waals surface area contributed by atoms with E-state index in [0.29, 0.717) is 6.04 Å². The molecule has 1 aliphatic rings. The Morgan fingerprint density at radius 2 is 2.29 bits per heavy atom. The summed E-state index contributed by atoms with van der Waals surface area (Å²) >= 11 is 6.26. The first-order chi connectivity index (χ1) is 10.1. The van der Waals surface area contributed by atoms with E-state index in [1.807, 2.05) is 12.3 Å². The lowest BCUT2D eigenvalue weighted by atomic mass is 10.1. The molecular formula is C15H21ClN4S. The third-order valence-electron chi connectivity index (χ3n) is 4.14. The van der Waals surface area contributed by atoms with Gasteiger partial charge in [-0.05, 0) is 24.8 Å². The summed E-state index contributed by atoms with van der Waals surface area (Å²) in [5, 5.41) is 9.06. The molecule has 1 N–H and O–H groups in total. The third kappa shape index (κ3) is 2.82. The fraction of sp³-hybridized carbons (Fsp3) is 0.467. The Kier molecular flexibility index (Phi) is 4.24. The topological polar surface area (TPSA) is 35.2 Å². The van der Waals surface area contributed by atoms with Gasteiger partial charge in [0.2, 0.25) is 0 Å². The van der Waals surface area contributed by atoms with Crippen molar-refractivity contribution in [2.45, 2.75) is 19.4 Å². The molecule has 114 valence electrons. The number of benzene rings is 1. The zero-order valence-corrected chi connectivity index (χ0v) is 14.0. The number of H-pyrrole nitrogens is 1. The van der Waals surface area contributed by atoms with Gasteiger partial charge in [0.1, 0.15) is 0 Å². The molecule has 0 spiro atoms. The van der Waals surface area contributed by atoms with Crippen molar-refractivity contribution in [1.82, 2.24) is 14.5 Å². The van der Waals surface area contributed by atoms with Crippen molar-refractivity contribution in [2.24, 2.45) is 0 Å². The van der Waals surface area contributed by atoms with Gasteiger partial charge in [-0.15, -0.1) is 10.7 Å². The second kappa shape index (κ2) is 5.99. The molecule has 0 aliphatic carbocycles. The number of rotatable bonds is 3. The Hall–Kier alpha value is -1.04. The molecule has 1 saturated heterocycles. The minimum absolute atomic E-state index is 0.0851. The van der Waals surface area contributed by atoms with Gasteiger partial charge in [-0.1, -0.05) is 24.4 Å². The van der Waals surface area contributed by atoms with Crippen LogP contribution in [0.5, 0.6) is 0 Å². The summed E-state index contributed by atoms with van der Waals surface area (Å²) in [7, 11) is 0.0851. The Balaban J connectivity index is 1.93. The molecule has 0 radical (unpaired) electrons. The Bertz CT molecular complexity index is 669. The highest BCUT2D eigenvalue weighted by Crippen LogP contribution is 2.33. The zero-order valence-electron chi connectivity index (χ0n) is 12.5. The molecule has 2 aromatic rings. The van der Waals surface area contributed by atoms with Gasteiger partial charge in [0.15, 0.2) is 0 Å². The van der Waals surface area contributed by atoms with Gasteiger partial charge in [0.25, 0.3) is 0 Å². The number of hydrogen-bond donors (Lipinski definition) is 1. The van der Waals surface area contributed by atoms with E-state index in [1.54, 1.807) is 0 Å². The van der Waals surface area contributed by atoms with Crippen LogP contribution in [-0.4, -0.2) is 52.3 Å². The first-order valence-corrected chi connectivity index (χ1v) is 9.33. The van der Waals surface area contributed by atoms with Gasteiger partial charge in [-0.2, -0.15) is 5.10 Å². The standard InChI is InChI=1S/C15H21ClN4S/c1-4-12-10-19(5-6-20(12)21(2)3)15-8-11(16)7-14-13(15)9-17-18-14/h7-9,12H,2,4-6,10H2,1,3H3,(H,17,18). The molecule has 2 atom stereocenters. The molecule has 21 heavy (non-hydrogen) atoms. The van der Waals surface area contributed by atoms with Crippen LogP contribution in [-0.2, 0) is 0 Å². The number of anilines is 1. The van der Waals surface area contributed by atoms with Crippen molar-refractivity contribution < 1.29 is 0 Å². The number of piperazine rings is 1. The van der Waals surface area contributed by atoms with Crippen LogP contribution in [0.4, 0.5) is 5.69 Å². The molecule has 2 unspecified atom stereocenters. The molecule has 3 rings (SSSR count). The van der Waals surface area contributed by atoms with Gasteiger partial charge in [-0.25, -0.2) is 0 Å². The van der Waals surface area contributed by atoms with Crippen LogP contribution in [0.1, 0.15) is 13.3 Å². The maximum Gasteiger partial charge on any atom is 0.0686 e. The predicted molar refractivity (Wildman–Crippen MR) is 94.7 cm³/mol. The molecule has 1 aliphatic heterocycles. The van der Waals surface area contributed by atoms with Crippen LogP contribution in [0.2, 0.25) is 5.02 Å². The second-order valence-electron chi connectivity index (χ2n) is 5.51. The molecule has 1 fully saturated rings. The smallest absolute Gasteiger partial charge is 0.0686 e. The number of nitrogens with one attached hydrogen (secondary N) is 1. The molecule has 0 bridgehead atoms. The lowest BCUT2D eigenvalue weighted by Crippen LogP contribution is -2.50. The fourth-order valence-electron chi connectivity index (χ4n) is 3.06. The van der Waals surface area contributed by atoms with Gasteiger partial charge in [0, 0.05) is 41.8 Å². The van der Waals surface area contributed by atoms with Crippen LogP contribution in [0.25, 0.3) is 10.9 Å². The monoisotopic (exact) mass is 324 g/mol. The lowest BCUT2D eigenvalue weighted by molar-refractivity contribution is 0.309. The highest BCUT2D eigenvalue weighted by atomic mass is 35.5. The first kappa shape index (κ1) is 14.9. The van der Waals surface area contributed by atoms with Crippen molar-refractivity contribution >= 4 is 44.7 Å². The van der Waals surface area contributed by atoms with E-state index in [4.69, 9.17) is 11.6 Å². The summed E-state index contributed by atoms with van der Waals surface area (Å²) in [5.74, 6) is 4.21. The molecule has 0 saturated carbocycles. The first-order valence-electron chi connectivity index (χ1n) is 7.20. The number of fused-ring (bicyclic) bond motifs is 1. The van der Waals surface area contributed by atoms with E-state index in [2.05, 4.69) is 44.5 Å². The number of halogens is 1. The minimum Gasteiger partial charge on any atom is -0.368 e. The fourth-order valence-corrected chi connectivity index (χ4v) is 4.39. The number of hydrogen-bond acceptors (Lipinski definition) is 3. The molecule has 4 nitrogen and oxygen atoms in total. The van der Waals surface area contributed by atoms with Crippen molar-refractivity contribution in [3.63, 3.8) is 0 Å². The van der Waals surface area contributed by atoms with E-state index in [1.165, 1.54) is 5.69 Å². The summed E-state index contributed by atoms with van der Waals surface area (Å²) < 4.78 is 2.52. The molecule has 1 aromatic heterocycles. The van der Waals surface area contributed by atoms with E-state index in [-0.39, 0.29) is 10.7 Å². The van der Waals surface area contributed by atoms with Crippen molar-refractivity contribution in [3.8, 4) is 0 Å². The highest BCUT2D eigenvalue weighted by Gasteiger charge is 2.27. The number of aromatic nitrogens is 2. The molecule has 1 aromatic carbocycles. The Morgan fingerprint density at radius 1 is 1.48 bits per heavy atom. The predicted octanol–water partition coefficient (Wildman–Crippen LogP) is 3.36. The lowest BCUT2D eigenvalue weighted by Gasteiger charge is -2.42. The summed E-state index contributed by atoms with van der Waals surface area (Å²) in [4.78, 5) is 2.43. The molecule has 0 amide bonds. The average Bonchev–Trinajstić information content (AvgIpc) is 2.93. The SMILES string of the molecule is C=S(C)N1CCN(c2cc(Cl)cc3[nH]ncc23)CC1CC. The summed E-state index contributed by atoms with van der Waals surface area (Å²) in [6.45, 7) is 5.32. The van der Waals surface area contributed by atoms with Gasteiger partial charge < -0.3 is 4.90 Å². The second-order valence-corrected chi connectivity index (χ2v) is 7.61. The molecule has 6 heteroatoms. The van der Waals surface area contributed by atoms with Crippen molar-refractivity contribution in [3.05, 3.63) is 23.4 Å². The minimum atomic E-state index is 0.0851. The van der Waals surface area contributed by atoms with Gasteiger partial charge in [-0.3, -0.25) is 9.40 Å². The van der Waals surface area contributed by atoms with Crippen LogP contribution in [0, 0.1) is 0 Å². The van der Waals surface area contributed by atoms with E-state index >= 15 is 0 Å². The van der Waals surface area contributed by atoms with Crippen molar-refractivity contribution in [2.75, 3.05) is 30.8 Å². The van der Waals surface area contributed by atoms with Gasteiger partial charge >= 0.3 is 0 Å². The van der Waals surface area contributed by atoms with Gasteiger partial charge in [0.05, 0.1) is 11.7 Å². The summed E-state index contributed by atoms with van der Waals surface area (Å²) in [6, 6.07) is 4.53. The van der Waals surface area contributed by atoms with Crippen LogP contribution in [0.3, 0.4) is 0 Å². The number of nitrogens with zero attached hydrogens (tertiary/aromatic N) is 3. The average molecular weight is 325 g/mol. The molecule has 2 heterocycles. The Labute approximate surface area is 133 Å². The maximum absolute atomic E-state index is 6.26. The largest absolute Gasteiger partial charge is 0.368 e. The molecular weight excluding hydrogens is 304 g/mol. The number of aromatic amines is 1. The quantitative estimate of drug-likeness (QED) is 0.879. The van der Waals surface area contributed by atoms with Crippen LogP contribution in [0.15, 0.2) is 18.3 Å². The summed E-state index contributed by atoms with van der Waals surface area (Å²) in [6.07, 6.45) is 5.23. The summed E-state index contributed by atoms with van der Waals surface area (Å²) in [5.41, 5.74) is 2.18. The maximum atomic E-state index is 6.26. The van der Waals surface area contributed by atoms with Crippen molar-refractivity contribution in [1.29, 1.82) is 0 Å². The van der Waals surface area contributed by atoms with Crippen LogP contribution < -0.4 is 4.90 Å². The van der Waals surface area contributed by atoms with E-state index in [9.17, 15) is 0 Å².